The summed E-state index contributed by atoms with van der Waals surface area (Å²) in [6.45, 7) is 2.40. The highest BCUT2D eigenvalue weighted by Gasteiger charge is 2.42. The van der Waals surface area contributed by atoms with Crippen molar-refractivity contribution in [3.8, 4) is 5.75 Å². The number of hydrogen-bond acceptors (Lipinski definition) is 3. The van der Waals surface area contributed by atoms with Crippen molar-refractivity contribution in [3.63, 3.8) is 0 Å². The van der Waals surface area contributed by atoms with Gasteiger partial charge in [-0.15, -0.1) is 0 Å². The number of likely N-dealkylation sites (N-methyl/N-ethyl adjacent to an activating group) is 2. The molecule has 18 heavy (non-hydrogen) atoms. The van der Waals surface area contributed by atoms with Crippen LogP contribution in [0.1, 0.15) is 18.5 Å². The predicted octanol–water partition coefficient (Wildman–Crippen LogP) is 1.65. The van der Waals surface area contributed by atoms with Gasteiger partial charge in [-0.05, 0) is 13.0 Å². The van der Waals surface area contributed by atoms with E-state index >= 15 is 0 Å². The summed E-state index contributed by atoms with van der Waals surface area (Å²) in [5.41, 5.74) is 0.726. The first-order valence-corrected chi connectivity index (χ1v) is 5.84. The number of ether oxygens (including phenoxy) is 1. The number of nitrogens with zero attached hydrogens (tertiary/aromatic N) is 2. The predicted molar refractivity (Wildman–Crippen MR) is 66.3 cm³/mol. The van der Waals surface area contributed by atoms with E-state index in [1.54, 1.807) is 7.05 Å². The maximum absolute atomic E-state index is 12.1. The molecule has 1 aliphatic heterocycles. The van der Waals surface area contributed by atoms with Gasteiger partial charge in [-0.2, -0.15) is 0 Å². The summed E-state index contributed by atoms with van der Waals surface area (Å²) in [5, 5.41) is 0. The Labute approximate surface area is 106 Å². The van der Waals surface area contributed by atoms with E-state index in [1.165, 1.54) is 11.9 Å². The van der Waals surface area contributed by atoms with Crippen molar-refractivity contribution in [2.45, 2.75) is 13.0 Å². The molecule has 0 aromatic heterocycles. The largest absolute Gasteiger partial charge is 0.494 e. The minimum atomic E-state index is -0.592. The molecule has 96 valence electrons. The van der Waals surface area contributed by atoms with Crippen molar-refractivity contribution in [3.05, 3.63) is 29.8 Å². The van der Waals surface area contributed by atoms with Gasteiger partial charge in [0.25, 0.3) is 5.91 Å². The molecule has 1 fully saturated rings. The molecule has 1 aromatic rings. The zero-order chi connectivity index (χ0) is 13.3. The topological polar surface area (TPSA) is 49.9 Å². The standard InChI is InChI=1S/C13H16N2O3/c1-4-18-10-8-6-5-7-9(10)11-12(16)15(3)13(17)14(11)2/h5-8,11H,4H2,1-3H3. The molecule has 1 aliphatic rings. The first-order valence-electron chi connectivity index (χ1n) is 5.84. The van der Waals surface area contributed by atoms with Gasteiger partial charge in [-0.25, -0.2) is 4.79 Å². The van der Waals surface area contributed by atoms with E-state index in [1.807, 2.05) is 31.2 Å². The third kappa shape index (κ3) is 1.81. The summed E-state index contributed by atoms with van der Waals surface area (Å²) in [6, 6.07) is 6.42. The van der Waals surface area contributed by atoms with Gasteiger partial charge < -0.3 is 9.64 Å². The van der Waals surface area contributed by atoms with E-state index < -0.39 is 6.04 Å². The molecular formula is C13H16N2O3. The first-order chi connectivity index (χ1) is 8.57. The minimum Gasteiger partial charge on any atom is -0.494 e. The van der Waals surface area contributed by atoms with Crippen LogP contribution < -0.4 is 4.74 Å². The summed E-state index contributed by atoms with van der Waals surface area (Å²) in [4.78, 5) is 26.4. The molecule has 1 heterocycles. The lowest BCUT2D eigenvalue weighted by molar-refractivity contribution is -0.127. The Morgan fingerprint density at radius 2 is 1.89 bits per heavy atom. The second-order valence-electron chi connectivity index (χ2n) is 4.16. The van der Waals surface area contributed by atoms with E-state index in [2.05, 4.69) is 0 Å². The second-order valence-corrected chi connectivity index (χ2v) is 4.16. The fourth-order valence-electron chi connectivity index (χ4n) is 2.13. The molecule has 0 N–H and O–H groups in total. The Bertz CT molecular complexity index is 487. The molecule has 0 spiro atoms. The average Bonchev–Trinajstić information content (AvgIpc) is 2.56. The van der Waals surface area contributed by atoms with Crippen LogP contribution in [0, 0.1) is 0 Å². The van der Waals surface area contributed by atoms with Crippen LogP contribution in [0.3, 0.4) is 0 Å². The van der Waals surface area contributed by atoms with Gasteiger partial charge in [0.1, 0.15) is 11.8 Å². The monoisotopic (exact) mass is 248 g/mol. The first kappa shape index (κ1) is 12.4. The molecule has 1 unspecified atom stereocenters. The zero-order valence-electron chi connectivity index (χ0n) is 10.7. The van der Waals surface area contributed by atoms with Crippen molar-refractivity contribution in [1.29, 1.82) is 0 Å². The molecular weight excluding hydrogens is 232 g/mol. The maximum atomic E-state index is 12.1. The minimum absolute atomic E-state index is 0.227. The third-order valence-electron chi connectivity index (χ3n) is 3.05. The van der Waals surface area contributed by atoms with Crippen LogP contribution in [-0.4, -0.2) is 42.4 Å². The normalized spacial score (nSPS) is 19.6. The van der Waals surface area contributed by atoms with Gasteiger partial charge in [-0.1, -0.05) is 18.2 Å². The molecule has 1 atom stereocenters. The molecule has 5 heteroatoms. The lowest BCUT2D eigenvalue weighted by Crippen LogP contribution is -2.27. The molecule has 1 aromatic carbocycles. The van der Waals surface area contributed by atoms with E-state index in [9.17, 15) is 9.59 Å². The van der Waals surface area contributed by atoms with Crippen molar-refractivity contribution >= 4 is 11.9 Å². The Balaban J connectivity index is 2.43. The van der Waals surface area contributed by atoms with Gasteiger partial charge >= 0.3 is 6.03 Å². The highest BCUT2D eigenvalue weighted by molar-refractivity contribution is 6.04. The molecule has 1 saturated heterocycles. The highest BCUT2D eigenvalue weighted by atomic mass is 16.5. The number of hydrogen-bond donors (Lipinski definition) is 0. The van der Waals surface area contributed by atoms with Crippen molar-refractivity contribution in [2.24, 2.45) is 0 Å². The van der Waals surface area contributed by atoms with Crippen LogP contribution in [0.5, 0.6) is 5.75 Å². The smallest absolute Gasteiger partial charge is 0.327 e. The van der Waals surface area contributed by atoms with Gasteiger partial charge in [0, 0.05) is 19.7 Å². The van der Waals surface area contributed by atoms with Crippen LogP contribution in [0.25, 0.3) is 0 Å². The molecule has 3 amide bonds. The number of benzene rings is 1. The fraction of sp³-hybridized carbons (Fsp3) is 0.385. The Morgan fingerprint density at radius 3 is 2.44 bits per heavy atom. The van der Waals surface area contributed by atoms with Crippen LogP contribution in [0.2, 0.25) is 0 Å². The molecule has 5 nitrogen and oxygen atoms in total. The van der Waals surface area contributed by atoms with E-state index in [4.69, 9.17) is 4.74 Å². The lowest BCUT2D eigenvalue weighted by Gasteiger charge is -2.19. The lowest BCUT2D eigenvalue weighted by atomic mass is 10.1. The average molecular weight is 248 g/mol. The van der Waals surface area contributed by atoms with E-state index in [0.717, 1.165) is 10.5 Å². The number of para-hydroxylation sites is 1. The SMILES string of the molecule is CCOc1ccccc1C1C(=O)N(C)C(=O)N1C. The molecule has 0 aliphatic carbocycles. The second kappa shape index (κ2) is 4.68. The van der Waals surface area contributed by atoms with E-state index in [-0.39, 0.29) is 11.9 Å². The summed E-state index contributed by atoms with van der Waals surface area (Å²) in [5.74, 6) is 0.419. The maximum Gasteiger partial charge on any atom is 0.327 e. The van der Waals surface area contributed by atoms with Crippen molar-refractivity contribution in [2.75, 3.05) is 20.7 Å². The number of amides is 3. The molecule has 0 radical (unpaired) electrons. The third-order valence-corrected chi connectivity index (χ3v) is 3.05. The summed E-state index contributed by atoms with van der Waals surface area (Å²) >= 11 is 0. The Hall–Kier alpha value is -2.04. The van der Waals surface area contributed by atoms with Crippen LogP contribution in [0.15, 0.2) is 24.3 Å². The molecule has 0 saturated carbocycles. The Kier molecular flexibility index (Phi) is 3.23. The van der Waals surface area contributed by atoms with Gasteiger partial charge in [0.2, 0.25) is 0 Å². The van der Waals surface area contributed by atoms with Crippen LogP contribution in [0.4, 0.5) is 4.79 Å². The van der Waals surface area contributed by atoms with Gasteiger partial charge in [-0.3, -0.25) is 9.69 Å². The van der Waals surface area contributed by atoms with Crippen LogP contribution >= 0.6 is 0 Å². The van der Waals surface area contributed by atoms with Gasteiger partial charge in [0.15, 0.2) is 0 Å². The number of carbonyl (C=O) groups is 2. The number of urea groups is 1. The fourth-order valence-corrected chi connectivity index (χ4v) is 2.13. The molecule has 2 rings (SSSR count). The Morgan fingerprint density at radius 1 is 1.22 bits per heavy atom. The quantitative estimate of drug-likeness (QED) is 0.764. The van der Waals surface area contributed by atoms with Crippen LogP contribution in [-0.2, 0) is 4.79 Å². The summed E-state index contributed by atoms with van der Waals surface area (Å²) in [6.07, 6.45) is 0. The highest BCUT2D eigenvalue weighted by Crippen LogP contribution is 2.34. The summed E-state index contributed by atoms with van der Waals surface area (Å²) < 4.78 is 5.51. The van der Waals surface area contributed by atoms with Gasteiger partial charge in [0.05, 0.1) is 6.61 Å². The summed E-state index contributed by atoms with van der Waals surface area (Å²) in [7, 11) is 3.11. The van der Waals surface area contributed by atoms with E-state index in [0.29, 0.717) is 12.4 Å². The zero-order valence-corrected chi connectivity index (χ0v) is 10.7. The number of imide groups is 1. The van der Waals surface area contributed by atoms with Crippen molar-refractivity contribution < 1.29 is 14.3 Å². The van der Waals surface area contributed by atoms with Crippen molar-refractivity contribution in [1.82, 2.24) is 9.80 Å². The number of carbonyl (C=O) groups excluding carboxylic acids is 2. The molecule has 0 bridgehead atoms. The number of rotatable bonds is 3.